The standard InChI is InChI=1S/C14H17N3O2/c1-19-13-7-10(9-15)4-5-12(13)17-14(18)8-11-3-2-6-16-11/h4-5,7,11,16H,2-3,6,8H2,1H3,(H,17,18). The van der Waals surface area contributed by atoms with E-state index in [0.717, 1.165) is 19.4 Å². The van der Waals surface area contributed by atoms with Gasteiger partial charge < -0.3 is 15.4 Å². The van der Waals surface area contributed by atoms with Crippen LogP contribution < -0.4 is 15.4 Å². The van der Waals surface area contributed by atoms with Gasteiger partial charge in [-0.05, 0) is 31.5 Å². The lowest BCUT2D eigenvalue weighted by atomic mass is 10.1. The number of benzene rings is 1. The summed E-state index contributed by atoms with van der Waals surface area (Å²) in [6.07, 6.45) is 2.62. The van der Waals surface area contributed by atoms with Crippen LogP contribution in [0.2, 0.25) is 0 Å². The van der Waals surface area contributed by atoms with E-state index in [-0.39, 0.29) is 11.9 Å². The van der Waals surface area contributed by atoms with Crippen LogP contribution in [0.25, 0.3) is 0 Å². The fraction of sp³-hybridized carbons (Fsp3) is 0.429. The molecular weight excluding hydrogens is 242 g/mol. The van der Waals surface area contributed by atoms with Crippen molar-refractivity contribution in [3.8, 4) is 11.8 Å². The fourth-order valence-electron chi connectivity index (χ4n) is 2.22. The molecule has 1 aromatic rings. The van der Waals surface area contributed by atoms with Gasteiger partial charge in [-0.25, -0.2) is 0 Å². The Labute approximate surface area is 112 Å². The molecule has 0 saturated carbocycles. The van der Waals surface area contributed by atoms with Crippen LogP contribution in [0, 0.1) is 11.3 Å². The van der Waals surface area contributed by atoms with E-state index in [9.17, 15) is 4.79 Å². The third-order valence-corrected chi connectivity index (χ3v) is 3.20. The highest BCUT2D eigenvalue weighted by atomic mass is 16.5. The molecule has 1 saturated heterocycles. The van der Waals surface area contributed by atoms with Crippen molar-refractivity contribution < 1.29 is 9.53 Å². The molecule has 1 aliphatic heterocycles. The predicted octanol–water partition coefficient (Wildman–Crippen LogP) is 1.65. The van der Waals surface area contributed by atoms with E-state index in [0.29, 0.717) is 23.4 Å². The number of rotatable bonds is 4. The second kappa shape index (κ2) is 6.21. The van der Waals surface area contributed by atoms with Crippen LogP contribution in [0.5, 0.6) is 5.75 Å². The largest absolute Gasteiger partial charge is 0.495 e. The highest BCUT2D eigenvalue weighted by Gasteiger charge is 2.18. The Hall–Kier alpha value is -2.06. The van der Waals surface area contributed by atoms with Gasteiger partial charge in [-0.1, -0.05) is 0 Å². The van der Waals surface area contributed by atoms with Crippen molar-refractivity contribution in [3.05, 3.63) is 23.8 Å². The summed E-state index contributed by atoms with van der Waals surface area (Å²) in [5.74, 6) is 0.467. The number of methoxy groups -OCH3 is 1. The Bertz CT molecular complexity index is 502. The highest BCUT2D eigenvalue weighted by Crippen LogP contribution is 2.25. The lowest BCUT2D eigenvalue weighted by Gasteiger charge is -2.13. The van der Waals surface area contributed by atoms with Crippen molar-refractivity contribution in [2.24, 2.45) is 0 Å². The Balaban J connectivity index is 2.01. The van der Waals surface area contributed by atoms with E-state index in [4.69, 9.17) is 10.00 Å². The lowest BCUT2D eigenvalue weighted by molar-refractivity contribution is -0.116. The normalized spacial score (nSPS) is 17.8. The summed E-state index contributed by atoms with van der Waals surface area (Å²) in [6.45, 7) is 0.984. The average Bonchev–Trinajstić information content (AvgIpc) is 2.91. The molecule has 5 nitrogen and oxygen atoms in total. The number of nitrogens with zero attached hydrogens (tertiary/aromatic N) is 1. The maximum Gasteiger partial charge on any atom is 0.226 e. The van der Waals surface area contributed by atoms with E-state index < -0.39 is 0 Å². The smallest absolute Gasteiger partial charge is 0.226 e. The average molecular weight is 259 g/mol. The number of nitrogens with one attached hydrogen (secondary N) is 2. The zero-order valence-electron chi connectivity index (χ0n) is 10.9. The molecule has 0 aromatic heterocycles. The molecule has 100 valence electrons. The number of hydrogen-bond acceptors (Lipinski definition) is 4. The molecule has 19 heavy (non-hydrogen) atoms. The van der Waals surface area contributed by atoms with E-state index >= 15 is 0 Å². The Kier molecular flexibility index (Phi) is 4.37. The molecule has 1 heterocycles. The van der Waals surface area contributed by atoms with Crippen LogP contribution in [0.1, 0.15) is 24.8 Å². The third kappa shape index (κ3) is 3.46. The van der Waals surface area contributed by atoms with Crippen molar-refractivity contribution in [1.82, 2.24) is 5.32 Å². The van der Waals surface area contributed by atoms with Gasteiger partial charge in [0.15, 0.2) is 0 Å². The zero-order chi connectivity index (χ0) is 13.7. The van der Waals surface area contributed by atoms with E-state index in [2.05, 4.69) is 10.6 Å². The summed E-state index contributed by atoms with van der Waals surface area (Å²) >= 11 is 0. The molecule has 0 aliphatic carbocycles. The summed E-state index contributed by atoms with van der Waals surface area (Å²) in [5, 5.41) is 14.9. The maximum absolute atomic E-state index is 11.9. The van der Waals surface area contributed by atoms with Gasteiger partial charge >= 0.3 is 0 Å². The summed E-state index contributed by atoms with van der Waals surface area (Å²) in [7, 11) is 1.52. The molecule has 1 unspecified atom stereocenters. The number of ether oxygens (including phenoxy) is 1. The first-order valence-corrected chi connectivity index (χ1v) is 6.34. The van der Waals surface area contributed by atoms with Gasteiger partial charge in [0.2, 0.25) is 5.91 Å². The van der Waals surface area contributed by atoms with E-state index in [1.165, 1.54) is 7.11 Å². The van der Waals surface area contributed by atoms with Crippen molar-refractivity contribution in [2.45, 2.75) is 25.3 Å². The van der Waals surface area contributed by atoms with Crippen molar-refractivity contribution in [3.63, 3.8) is 0 Å². The van der Waals surface area contributed by atoms with Gasteiger partial charge in [-0.3, -0.25) is 4.79 Å². The second-order valence-corrected chi connectivity index (χ2v) is 4.57. The van der Waals surface area contributed by atoms with Crippen LogP contribution in [-0.2, 0) is 4.79 Å². The SMILES string of the molecule is COc1cc(C#N)ccc1NC(=O)CC1CCCN1. The third-order valence-electron chi connectivity index (χ3n) is 3.20. The first-order valence-electron chi connectivity index (χ1n) is 6.34. The van der Waals surface area contributed by atoms with Crippen molar-refractivity contribution in [2.75, 3.05) is 19.0 Å². The van der Waals surface area contributed by atoms with Gasteiger partial charge in [0.25, 0.3) is 0 Å². The summed E-state index contributed by atoms with van der Waals surface area (Å²) in [4.78, 5) is 11.9. The minimum Gasteiger partial charge on any atom is -0.495 e. The molecule has 2 rings (SSSR count). The Morgan fingerprint density at radius 3 is 3.11 bits per heavy atom. The van der Waals surface area contributed by atoms with Crippen LogP contribution in [-0.4, -0.2) is 25.6 Å². The van der Waals surface area contributed by atoms with E-state index in [1.54, 1.807) is 18.2 Å². The van der Waals surface area contributed by atoms with Crippen molar-refractivity contribution in [1.29, 1.82) is 5.26 Å². The second-order valence-electron chi connectivity index (χ2n) is 4.57. The quantitative estimate of drug-likeness (QED) is 0.862. The van der Waals surface area contributed by atoms with Gasteiger partial charge in [-0.2, -0.15) is 5.26 Å². The van der Waals surface area contributed by atoms with Gasteiger partial charge in [0, 0.05) is 18.5 Å². The molecule has 1 aromatic carbocycles. The Morgan fingerprint density at radius 2 is 2.47 bits per heavy atom. The molecule has 0 spiro atoms. The molecule has 2 N–H and O–H groups in total. The molecule has 1 atom stereocenters. The minimum atomic E-state index is -0.0394. The molecular formula is C14H17N3O2. The van der Waals surface area contributed by atoms with Crippen LogP contribution in [0.3, 0.4) is 0 Å². The predicted molar refractivity (Wildman–Crippen MR) is 72.0 cm³/mol. The first-order chi connectivity index (χ1) is 9.22. The number of amides is 1. The molecule has 1 aliphatic rings. The minimum absolute atomic E-state index is 0.0394. The van der Waals surface area contributed by atoms with Gasteiger partial charge in [-0.15, -0.1) is 0 Å². The topological polar surface area (TPSA) is 74.1 Å². The zero-order valence-corrected chi connectivity index (χ0v) is 10.9. The van der Waals surface area contributed by atoms with Crippen molar-refractivity contribution >= 4 is 11.6 Å². The monoisotopic (exact) mass is 259 g/mol. The molecule has 0 radical (unpaired) electrons. The van der Waals surface area contributed by atoms with Crippen LogP contribution in [0.15, 0.2) is 18.2 Å². The van der Waals surface area contributed by atoms with Gasteiger partial charge in [0.05, 0.1) is 24.4 Å². The van der Waals surface area contributed by atoms with Crippen LogP contribution in [0.4, 0.5) is 5.69 Å². The maximum atomic E-state index is 11.9. The summed E-state index contributed by atoms with van der Waals surface area (Å²) in [5.41, 5.74) is 1.11. The first kappa shape index (κ1) is 13.4. The molecule has 0 bridgehead atoms. The fourth-order valence-corrected chi connectivity index (χ4v) is 2.22. The lowest BCUT2D eigenvalue weighted by Crippen LogP contribution is -2.27. The number of anilines is 1. The molecule has 5 heteroatoms. The number of carbonyl (C=O) groups is 1. The van der Waals surface area contributed by atoms with Gasteiger partial charge in [0.1, 0.15) is 5.75 Å². The molecule has 1 amide bonds. The van der Waals surface area contributed by atoms with Crippen LogP contribution >= 0.6 is 0 Å². The molecule has 1 fully saturated rings. The number of hydrogen-bond donors (Lipinski definition) is 2. The number of nitriles is 1. The summed E-state index contributed by atoms with van der Waals surface area (Å²) < 4.78 is 5.18. The number of carbonyl (C=O) groups excluding carboxylic acids is 1. The Morgan fingerprint density at radius 1 is 1.63 bits per heavy atom. The summed E-state index contributed by atoms with van der Waals surface area (Å²) in [6, 6.07) is 7.27. The van der Waals surface area contributed by atoms with E-state index in [1.807, 2.05) is 6.07 Å². The highest BCUT2D eigenvalue weighted by molar-refractivity contribution is 5.92.